The van der Waals surface area contributed by atoms with Crippen LogP contribution < -0.4 is 10.1 Å². The predicted molar refractivity (Wildman–Crippen MR) is 77.0 cm³/mol. The Morgan fingerprint density at radius 3 is 2.33 bits per heavy atom. The Morgan fingerprint density at radius 1 is 1.12 bits per heavy atom. The number of rotatable bonds is 7. The van der Waals surface area contributed by atoms with Gasteiger partial charge in [-0.3, -0.25) is 9.59 Å². The zero-order valence-electron chi connectivity index (χ0n) is 13.3. The van der Waals surface area contributed by atoms with E-state index in [2.05, 4.69) is 14.8 Å². The molecule has 24 heavy (non-hydrogen) atoms. The van der Waals surface area contributed by atoms with Crippen molar-refractivity contribution in [2.24, 2.45) is 0 Å². The number of methoxy groups -OCH3 is 2. The third kappa shape index (κ3) is 5.49. The molecule has 0 aliphatic heterocycles. The van der Waals surface area contributed by atoms with Crippen LogP contribution in [0.1, 0.15) is 13.3 Å². The van der Waals surface area contributed by atoms with Crippen LogP contribution in [0.2, 0.25) is 0 Å². The first-order valence-electron chi connectivity index (χ1n) is 6.85. The van der Waals surface area contributed by atoms with Crippen LogP contribution in [-0.4, -0.2) is 44.2 Å². The Kier molecular flexibility index (Phi) is 7.09. The van der Waals surface area contributed by atoms with Crippen molar-refractivity contribution >= 4 is 17.8 Å². The number of esters is 2. The maximum atomic E-state index is 13.1. The molecule has 1 aromatic rings. The van der Waals surface area contributed by atoms with Crippen LogP contribution in [0.4, 0.5) is 8.78 Å². The highest BCUT2D eigenvalue weighted by Crippen LogP contribution is 2.17. The van der Waals surface area contributed by atoms with E-state index in [1.165, 1.54) is 6.92 Å². The van der Waals surface area contributed by atoms with Crippen LogP contribution in [0.3, 0.4) is 0 Å². The average molecular weight is 345 g/mol. The maximum absolute atomic E-state index is 13.1. The Labute approximate surface area is 136 Å². The van der Waals surface area contributed by atoms with E-state index in [0.29, 0.717) is 0 Å². The molecule has 2 atom stereocenters. The number of hydrogen-bond donors (Lipinski definition) is 1. The summed E-state index contributed by atoms with van der Waals surface area (Å²) in [5, 5.41) is 2.27. The standard InChI is InChI=1S/C15H17F2NO6/c1-8(24-9-4-5-10(16)11(17)6-9)14(20)18-12(15(21)23-3)7-13(19)22-2/h4-6,8,12H,7H2,1-3H3,(H,18,20)/t8-,12-/m1/s1. The molecule has 0 fully saturated rings. The van der Waals surface area contributed by atoms with Gasteiger partial charge in [0.25, 0.3) is 5.91 Å². The fraction of sp³-hybridized carbons (Fsp3) is 0.400. The van der Waals surface area contributed by atoms with Gasteiger partial charge in [0, 0.05) is 6.07 Å². The van der Waals surface area contributed by atoms with E-state index in [-0.39, 0.29) is 5.75 Å². The lowest BCUT2D eigenvalue weighted by molar-refractivity contribution is -0.151. The Morgan fingerprint density at radius 2 is 1.79 bits per heavy atom. The molecule has 1 rings (SSSR count). The number of ether oxygens (including phenoxy) is 3. The summed E-state index contributed by atoms with van der Waals surface area (Å²) in [4.78, 5) is 34.9. The molecule has 0 aromatic heterocycles. The van der Waals surface area contributed by atoms with E-state index in [4.69, 9.17) is 4.74 Å². The first-order chi connectivity index (χ1) is 11.3. The molecule has 0 unspecified atom stereocenters. The molecule has 0 saturated carbocycles. The lowest BCUT2D eigenvalue weighted by Gasteiger charge is -2.19. The van der Waals surface area contributed by atoms with Crippen LogP contribution in [0.15, 0.2) is 18.2 Å². The monoisotopic (exact) mass is 345 g/mol. The molecular formula is C15H17F2NO6. The van der Waals surface area contributed by atoms with Gasteiger partial charge >= 0.3 is 11.9 Å². The molecule has 1 N–H and O–H groups in total. The highest BCUT2D eigenvalue weighted by atomic mass is 19.2. The molecule has 132 valence electrons. The summed E-state index contributed by atoms with van der Waals surface area (Å²) in [6, 6.07) is 1.52. The Balaban J connectivity index is 2.73. The molecule has 7 nitrogen and oxygen atoms in total. The molecule has 1 amide bonds. The van der Waals surface area contributed by atoms with Gasteiger partial charge in [-0.1, -0.05) is 0 Å². The quantitative estimate of drug-likeness (QED) is 0.740. The third-order valence-corrected chi connectivity index (χ3v) is 2.97. The van der Waals surface area contributed by atoms with Gasteiger partial charge in [-0.2, -0.15) is 0 Å². The van der Waals surface area contributed by atoms with Gasteiger partial charge in [-0.05, 0) is 19.1 Å². The van der Waals surface area contributed by atoms with Crippen LogP contribution >= 0.6 is 0 Å². The summed E-state index contributed by atoms with van der Waals surface area (Å²) in [5.41, 5.74) is 0. The summed E-state index contributed by atoms with van der Waals surface area (Å²) in [6.07, 6.45) is -1.56. The van der Waals surface area contributed by atoms with Crippen LogP contribution in [0.5, 0.6) is 5.75 Å². The number of halogens is 2. The number of nitrogens with one attached hydrogen (secondary N) is 1. The predicted octanol–water partition coefficient (Wildman–Crippen LogP) is 0.953. The second-order valence-electron chi connectivity index (χ2n) is 4.70. The van der Waals surface area contributed by atoms with Crippen molar-refractivity contribution in [1.29, 1.82) is 0 Å². The Bertz CT molecular complexity index is 622. The van der Waals surface area contributed by atoms with E-state index in [9.17, 15) is 23.2 Å². The second kappa shape index (κ2) is 8.80. The molecule has 0 saturated heterocycles. The number of carbonyl (C=O) groups is 3. The van der Waals surface area contributed by atoms with Crippen LogP contribution in [0.25, 0.3) is 0 Å². The minimum absolute atomic E-state index is 0.0702. The first kappa shape index (κ1) is 19.3. The molecule has 0 heterocycles. The fourth-order valence-corrected chi connectivity index (χ4v) is 1.68. The van der Waals surface area contributed by atoms with Crippen molar-refractivity contribution in [3.63, 3.8) is 0 Å². The van der Waals surface area contributed by atoms with E-state index < -0.39 is 48.0 Å². The van der Waals surface area contributed by atoms with Gasteiger partial charge < -0.3 is 19.5 Å². The van der Waals surface area contributed by atoms with Crippen molar-refractivity contribution in [2.45, 2.75) is 25.5 Å². The zero-order valence-corrected chi connectivity index (χ0v) is 13.3. The van der Waals surface area contributed by atoms with E-state index in [1.807, 2.05) is 0 Å². The molecule has 0 bridgehead atoms. The highest BCUT2D eigenvalue weighted by Gasteiger charge is 2.27. The van der Waals surface area contributed by atoms with E-state index in [0.717, 1.165) is 32.4 Å². The average Bonchev–Trinajstić information content (AvgIpc) is 2.56. The van der Waals surface area contributed by atoms with Gasteiger partial charge in [-0.15, -0.1) is 0 Å². The Hall–Kier alpha value is -2.71. The summed E-state index contributed by atoms with van der Waals surface area (Å²) in [5.74, 6) is -4.56. The van der Waals surface area contributed by atoms with Crippen molar-refractivity contribution in [3.8, 4) is 5.75 Å². The van der Waals surface area contributed by atoms with E-state index >= 15 is 0 Å². The molecule has 0 aliphatic rings. The number of hydrogen-bond acceptors (Lipinski definition) is 6. The van der Waals surface area contributed by atoms with Gasteiger partial charge in [0.2, 0.25) is 0 Å². The highest BCUT2D eigenvalue weighted by molar-refractivity contribution is 5.89. The lowest BCUT2D eigenvalue weighted by atomic mass is 10.2. The minimum atomic E-state index is -1.26. The first-order valence-corrected chi connectivity index (χ1v) is 6.85. The second-order valence-corrected chi connectivity index (χ2v) is 4.70. The van der Waals surface area contributed by atoms with Gasteiger partial charge in [0.15, 0.2) is 17.7 Å². The van der Waals surface area contributed by atoms with Gasteiger partial charge in [-0.25, -0.2) is 13.6 Å². The summed E-state index contributed by atoms with van der Waals surface area (Å²) in [6.45, 7) is 1.34. The van der Waals surface area contributed by atoms with E-state index in [1.54, 1.807) is 0 Å². The fourth-order valence-electron chi connectivity index (χ4n) is 1.68. The molecule has 0 radical (unpaired) electrons. The minimum Gasteiger partial charge on any atom is -0.481 e. The van der Waals surface area contributed by atoms with Crippen molar-refractivity contribution in [3.05, 3.63) is 29.8 Å². The zero-order chi connectivity index (χ0) is 18.3. The van der Waals surface area contributed by atoms with Gasteiger partial charge in [0.1, 0.15) is 11.8 Å². The largest absolute Gasteiger partial charge is 0.481 e. The molecular weight excluding hydrogens is 328 g/mol. The van der Waals surface area contributed by atoms with Crippen LogP contribution in [0, 0.1) is 11.6 Å². The van der Waals surface area contributed by atoms with Gasteiger partial charge in [0.05, 0.1) is 20.6 Å². The van der Waals surface area contributed by atoms with Crippen LogP contribution in [-0.2, 0) is 23.9 Å². The topological polar surface area (TPSA) is 90.9 Å². The lowest BCUT2D eigenvalue weighted by Crippen LogP contribution is -2.47. The van der Waals surface area contributed by atoms with Crippen molar-refractivity contribution < 1.29 is 37.4 Å². The summed E-state index contributed by atoms with van der Waals surface area (Å²) in [7, 11) is 2.23. The normalized spacial score (nSPS) is 12.7. The third-order valence-electron chi connectivity index (χ3n) is 2.97. The number of amides is 1. The van der Waals surface area contributed by atoms with Crippen molar-refractivity contribution in [2.75, 3.05) is 14.2 Å². The summed E-state index contributed by atoms with van der Waals surface area (Å²) < 4.78 is 40.0. The maximum Gasteiger partial charge on any atom is 0.328 e. The smallest absolute Gasteiger partial charge is 0.328 e. The molecule has 9 heteroatoms. The molecule has 0 aliphatic carbocycles. The number of benzene rings is 1. The summed E-state index contributed by atoms with van der Waals surface area (Å²) >= 11 is 0. The SMILES string of the molecule is COC(=O)C[C@@H](NC(=O)[C@@H](C)Oc1ccc(F)c(F)c1)C(=O)OC. The van der Waals surface area contributed by atoms with Crippen molar-refractivity contribution in [1.82, 2.24) is 5.32 Å². The number of carbonyl (C=O) groups excluding carboxylic acids is 3. The molecule has 0 spiro atoms. The molecule has 1 aromatic carbocycles.